The second-order valence-corrected chi connectivity index (χ2v) is 5.11. The molecule has 0 radical (unpaired) electrons. The van der Waals surface area contributed by atoms with E-state index >= 15 is 0 Å². The first-order valence-corrected chi connectivity index (χ1v) is 7.47. The molecule has 0 bridgehead atoms. The Morgan fingerprint density at radius 3 is 2.77 bits per heavy atom. The van der Waals surface area contributed by atoms with E-state index in [1.807, 2.05) is 30.3 Å². The van der Waals surface area contributed by atoms with Crippen molar-refractivity contribution in [3.63, 3.8) is 0 Å². The van der Waals surface area contributed by atoms with Crippen molar-refractivity contribution in [1.29, 1.82) is 5.26 Å². The zero-order chi connectivity index (χ0) is 18.4. The van der Waals surface area contributed by atoms with Gasteiger partial charge in [-0.05, 0) is 11.6 Å². The molecule has 0 aliphatic rings. The van der Waals surface area contributed by atoms with Gasteiger partial charge < -0.3 is 4.42 Å². The fourth-order valence-corrected chi connectivity index (χ4v) is 2.20. The topological polar surface area (TPSA) is 130 Å². The number of benzene rings is 1. The van der Waals surface area contributed by atoms with E-state index < -0.39 is 10.8 Å². The van der Waals surface area contributed by atoms with Gasteiger partial charge in [0.15, 0.2) is 11.6 Å². The summed E-state index contributed by atoms with van der Waals surface area (Å²) in [7, 11) is 0. The Morgan fingerprint density at radius 1 is 1.27 bits per heavy atom. The van der Waals surface area contributed by atoms with Gasteiger partial charge in [-0.25, -0.2) is 4.98 Å². The van der Waals surface area contributed by atoms with Crippen LogP contribution in [-0.2, 0) is 0 Å². The van der Waals surface area contributed by atoms with Crippen LogP contribution in [0.1, 0.15) is 22.9 Å². The molecule has 2 heterocycles. The number of aromatic nitrogens is 2. The highest BCUT2D eigenvalue weighted by atomic mass is 16.6. The number of hydrazone groups is 1. The Kier molecular flexibility index (Phi) is 4.95. The van der Waals surface area contributed by atoms with E-state index in [1.54, 1.807) is 0 Å². The summed E-state index contributed by atoms with van der Waals surface area (Å²) in [6.07, 6.45) is 4.25. The minimum Gasteiger partial charge on any atom is -0.400 e. The van der Waals surface area contributed by atoms with E-state index in [0.717, 1.165) is 5.56 Å². The van der Waals surface area contributed by atoms with Gasteiger partial charge in [-0.2, -0.15) is 10.4 Å². The average Bonchev–Trinajstić information content (AvgIpc) is 3.13. The number of nitriles is 1. The molecule has 0 amide bonds. The largest absolute Gasteiger partial charge is 0.433 e. The lowest BCUT2D eigenvalue weighted by Gasteiger charge is -2.09. The van der Waals surface area contributed by atoms with Crippen LogP contribution in [-0.4, -0.2) is 21.1 Å². The Morgan fingerprint density at radius 2 is 2.08 bits per heavy atom. The number of rotatable bonds is 6. The highest BCUT2D eigenvalue weighted by molar-refractivity contribution is 5.76. The predicted octanol–water partition coefficient (Wildman–Crippen LogP) is 3.08. The van der Waals surface area contributed by atoms with Crippen LogP contribution >= 0.6 is 0 Å². The summed E-state index contributed by atoms with van der Waals surface area (Å²) >= 11 is 0. The summed E-state index contributed by atoms with van der Waals surface area (Å²) in [6, 6.07) is 14.1. The Bertz CT molecular complexity index is 977. The van der Waals surface area contributed by atoms with Crippen molar-refractivity contribution >= 4 is 17.9 Å². The summed E-state index contributed by atoms with van der Waals surface area (Å²) in [6.45, 7) is 0. The van der Waals surface area contributed by atoms with E-state index in [0.29, 0.717) is 11.5 Å². The quantitative estimate of drug-likeness (QED) is 0.411. The van der Waals surface area contributed by atoms with Gasteiger partial charge in [0.05, 0.1) is 36.4 Å². The summed E-state index contributed by atoms with van der Waals surface area (Å²) < 4.78 is 4.95. The zero-order valence-corrected chi connectivity index (χ0v) is 13.3. The molecule has 0 fully saturated rings. The van der Waals surface area contributed by atoms with Crippen molar-refractivity contribution in [1.82, 2.24) is 9.97 Å². The van der Waals surface area contributed by atoms with E-state index in [4.69, 9.17) is 4.42 Å². The first-order valence-electron chi connectivity index (χ1n) is 7.47. The minimum atomic E-state index is -0.634. The molecule has 1 atom stereocenters. The highest BCUT2D eigenvalue weighted by Crippen LogP contribution is 2.22. The van der Waals surface area contributed by atoms with E-state index in [-0.39, 0.29) is 11.6 Å². The number of nitrogens with one attached hydrogen (secondary N) is 1. The molecule has 9 nitrogen and oxygen atoms in total. The second kappa shape index (κ2) is 7.67. The smallest absolute Gasteiger partial charge is 0.400 e. The Labute approximate surface area is 147 Å². The molecule has 9 heteroatoms. The molecule has 0 saturated carbocycles. The van der Waals surface area contributed by atoms with Crippen molar-refractivity contribution < 1.29 is 9.34 Å². The summed E-state index contributed by atoms with van der Waals surface area (Å²) in [5.41, 5.74) is 3.95. The summed E-state index contributed by atoms with van der Waals surface area (Å²) in [5, 5.41) is 23.9. The average molecular weight is 348 g/mol. The highest BCUT2D eigenvalue weighted by Gasteiger charge is 2.15. The molecule has 1 unspecified atom stereocenters. The molecule has 0 spiro atoms. The molecule has 3 aromatic rings. The minimum absolute atomic E-state index is 0.215. The molecule has 0 saturated heterocycles. The van der Waals surface area contributed by atoms with Gasteiger partial charge in [-0.3, -0.25) is 20.5 Å². The first-order chi connectivity index (χ1) is 12.7. The molecular weight excluding hydrogens is 336 g/mol. The molecule has 2 aromatic heterocycles. The third kappa shape index (κ3) is 3.88. The molecule has 128 valence electrons. The van der Waals surface area contributed by atoms with Gasteiger partial charge in [0.1, 0.15) is 10.8 Å². The summed E-state index contributed by atoms with van der Waals surface area (Å²) in [4.78, 5) is 18.3. The van der Waals surface area contributed by atoms with E-state index in [1.165, 1.54) is 30.7 Å². The molecule has 1 N–H and O–H groups in total. The van der Waals surface area contributed by atoms with Gasteiger partial charge in [0, 0.05) is 0 Å². The van der Waals surface area contributed by atoms with Gasteiger partial charge >= 0.3 is 5.88 Å². The van der Waals surface area contributed by atoms with Crippen LogP contribution < -0.4 is 5.43 Å². The SMILES string of the molecule is N#CC(c1ccccc1)c1cncc(N/N=C/c2ccc([N+](=O)[O-])o2)n1. The van der Waals surface area contributed by atoms with Gasteiger partial charge in [0.2, 0.25) is 0 Å². The van der Waals surface area contributed by atoms with Crippen molar-refractivity contribution in [3.05, 3.63) is 82.0 Å². The van der Waals surface area contributed by atoms with Gasteiger partial charge in [-0.15, -0.1) is 0 Å². The fourth-order valence-electron chi connectivity index (χ4n) is 2.20. The third-order valence-electron chi connectivity index (χ3n) is 3.37. The van der Waals surface area contributed by atoms with Gasteiger partial charge in [0.25, 0.3) is 0 Å². The van der Waals surface area contributed by atoms with Crippen molar-refractivity contribution in [2.75, 3.05) is 5.43 Å². The van der Waals surface area contributed by atoms with Crippen LogP contribution in [0.3, 0.4) is 0 Å². The van der Waals surface area contributed by atoms with Crippen LogP contribution in [0.15, 0.2) is 64.4 Å². The van der Waals surface area contributed by atoms with Crippen molar-refractivity contribution in [2.24, 2.45) is 5.10 Å². The van der Waals surface area contributed by atoms with Crippen molar-refractivity contribution in [3.8, 4) is 6.07 Å². The predicted molar refractivity (Wildman–Crippen MR) is 92.5 cm³/mol. The Balaban J connectivity index is 1.73. The standard InChI is InChI=1S/C17H12N6O3/c18-8-14(12-4-2-1-3-5-12)15-10-19-11-16(21-15)22-20-9-13-6-7-17(26-13)23(24)25/h1-7,9-11,14H,(H,21,22)/b20-9+. The van der Waals surface area contributed by atoms with Gasteiger partial charge in [-0.1, -0.05) is 30.3 Å². The number of anilines is 1. The molecule has 0 aliphatic heterocycles. The normalized spacial score (nSPS) is 11.8. The molecule has 0 aliphatic carbocycles. The molecule has 26 heavy (non-hydrogen) atoms. The maximum Gasteiger partial charge on any atom is 0.433 e. The molecule has 1 aromatic carbocycles. The zero-order valence-electron chi connectivity index (χ0n) is 13.3. The van der Waals surface area contributed by atoms with Crippen LogP contribution in [0, 0.1) is 21.4 Å². The van der Waals surface area contributed by atoms with Crippen molar-refractivity contribution in [2.45, 2.75) is 5.92 Å². The monoisotopic (exact) mass is 348 g/mol. The number of furan rings is 1. The second-order valence-electron chi connectivity index (χ2n) is 5.11. The van der Waals surface area contributed by atoms with E-state index in [9.17, 15) is 15.4 Å². The number of nitrogens with zero attached hydrogens (tertiary/aromatic N) is 5. The maximum absolute atomic E-state index is 10.6. The first kappa shape index (κ1) is 16.8. The maximum atomic E-state index is 10.6. The molecular formula is C17H12N6O3. The lowest BCUT2D eigenvalue weighted by molar-refractivity contribution is -0.402. The van der Waals surface area contributed by atoms with Crippen LogP contribution in [0.25, 0.3) is 0 Å². The van der Waals surface area contributed by atoms with Crippen LogP contribution in [0.5, 0.6) is 0 Å². The number of hydrogen-bond donors (Lipinski definition) is 1. The van der Waals surface area contributed by atoms with Crippen LogP contribution in [0.4, 0.5) is 11.7 Å². The Hall–Kier alpha value is -4.06. The fraction of sp³-hybridized carbons (Fsp3) is 0.0588. The lowest BCUT2D eigenvalue weighted by Crippen LogP contribution is -2.04. The number of hydrogen-bond acceptors (Lipinski definition) is 8. The van der Waals surface area contributed by atoms with Crippen LogP contribution in [0.2, 0.25) is 0 Å². The third-order valence-corrected chi connectivity index (χ3v) is 3.37. The van der Waals surface area contributed by atoms with E-state index in [2.05, 4.69) is 26.6 Å². The summed E-state index contributed by atoms with van der Waals surface area (Å²) in [5.74, 6) is -0.376. The lowest BCUT2D eigenvalue weighted by atomic mass is 9.98. The molecule has 3 rings (SSSR count). The number of nitro groups is 1.